The Labute approximate surface area is 125 Å². The fraction of sp³-hybridized carbons (Fsp3) is 0.562. The molecule has 0 bridgehead atoms. The second-order valence-corrected chi connectivity index (χ2v) is 5.53. The SMILES string of the molecule is CCOC(=O)C(C)(NCC(O)c1ccc(F)cc1)C(C)C. The van der Waals surface area contributed by atoms with E-state index in [9.17, 15) is 14.3 Å². The predicted molar refractivity (Wildman–Crippen MR) is 79.2 cm³/mol. The zero-order chi connectivity index (χ0) is 16.0. The fourth-order valence-electron chi connectivity index (χ4n) is 1.90. The van der Waals surface area contributed by atoms with E-state index < -0.39 is 11.6 Å². The minimum Gasteiger partial charge on any atom is -0.465 e. The summed E-state index contributed by atoms with van der Waals surface area (Å²) in [5.41, 5.74) is -0.282. The molecule has 5 heteroatoms. The normalized spacial score (nSPS) is 15.6. The van der Waals surface area contributed by atoms with Crippen LogP contribution in [0, 0.1) is 11.7 Å². The van der Waals surface area contributed by atoms with Crippen LogP contribution in [0.3, 0.4) is 0 Å². The topological polar surface area (TPSA) is 58.6 Å². The summed E-state index contributed by atoms with van der Waals surface area (Å²) in [4.78, 5) is 12.1. The third-order valence-corrected chi connectivity index (χ3v) is 3.77. The van der Waals surface area contributed by atoms with E-state index in [1.807, 2.05) is 13.8 Å². The van der Waals surface area contributed by atoms with Crippen LogP contribution < -0.4 is 5.32 Å². The summed E-state index contributed by atoms with van der Waals surface area (Å²) in [7, 11) is 0. The molecule has 0 aliphatic heterocycles. The Balaban J connectivity index is 2.73. The Bertz CT molecular complexity index is 461. The van der Waals surface area contributed by atoms with Gasteiger partial charge in [0.2, 0.25) is 0 Å². The van der Waals surface area contributed by atoms with Crippen molar-refractivity contribution >= 4 is 5.97 Å². The van der Waals surface area contributed by atoms with Gasteiger partial charge in [-0.25, -0.2) is 4.39 Å². The number of hydrogen-bond donors (Lipinski definition) is 2. The number of nitrogens with one attached hydrogen (secondary N) is 1. The third-order valence-electron chi connectivity index (χ3n) is 3.77. The number of carbonyl (C=O) groups is 1. The lowest BCUT2D eigenvalue weighted by molar-refractivity contribution is -0.152. The van der Waals surface area contributed by atoms with Crippen molar-refractivity contribution in [3.05, 3.63) is 35.6 Å². The minimum atomic E-state index is -0.878. The first-order chi connectivity index (χ1) is 9.81. The summed E-state index contributed by atoms with van der Waals surface area (Å²) in [6.45, 7) is 7.82. The molecule has 0 saturated heterocycles. The van der Waals surface area contributed by atoms with E-state index in [0.29, 0.717) is 12.2 Å². The summed E-state index contributed by atoms with van der Waals surface area (Å²) < 4.78 is 18.0. The maximum atomic E-state index is 12.9. The molecule has 0 fully saturated rings. The van der Waals surface area contributed by atoms with E-state index in [0.717, 1.165) is 0 Å². The van der Waals surface area contributed by atoms with Crippen LogP contribution in [-0.4, -0.2) is 29.8 Å². The van der Waals surface area contributed by atoms with Crippen molar-refractivity contribution in [1.82, 2.24) is 5.32 Å². The van der Waals surface area contributed by atoms with Gasteiger partial charge in [-0.2, -0.15) is 0 Å². The number of ether oxygens (including phenoxy) is 1. The standard InChI is InChI=1S/C16H24FNO3/c1-5-21-15(20)16(4,11(2)3)18-10-14(19)12-6-8-13(17)9-7-12/h6-9,11,14,18-19H,5,10H2,1-4H3. The lowest BCUT2D eigenvalue weighted by Gasteiger charge is -2.33. The van der Waals surface area contributed by atoms with Crippen molar-refractivity contribution in [3.8, 4) is 0 Å². The monoisotopic (exact) mass is 297 g/mol. The van der Waals surface area contributed by atoms with Crippen LogP contribution >= 0.6 is 0 Å². The third kappa shape index (κ3) is 4.51. The Morgan fingerprint density at radius 2 is 1.95 bits per heavy atom. The van der Waals surface area contributed by atoms with Crippen molar-refractivity contribution in [2.24, 2.45) is 5.92 Å². The number of aliphatic hydroxyl groups excluding tert-OH is 1. The van der Waals surface area contributed by atoms with Crippen molar-refractivity contribution < 1.29 is 19.0 Å². The van der Waals surface area contributed by atoms with E-state index in [1.54, 1.807) is 13.8 Å². The minimum absolute atomic E-state index is 0.00281. The Hall–Kier alpha value is -1.46. The number of rotatable bonds is 7. The van der Waals surface area contributed by atoms with Crippen LogP contribution in [0.5, 0.6) is 0 Å². The first-order valence-electron chi connectivity index (χ1n) is 7.17. The molecule has 1 rings (SSSR count). The molecule has 0 amide bonds. The van der Waals surface area contributed by atoms with Crippen LogP contribution in [0.25, 0.3) is 0 Å². The van der Waals surface area contributed by atoms with Gasteiger partial charge in [0.25, 0.3) is 0 Å². The first-order valence-corrected chi connectivity index (χ1v) is 7.17. The summed E-state index contributed by atoms with van der Waals surface area (Å²) in [6, 6.07) is 5.65. The van der Waals surface area contributed by atoms with Crippen LogP contribution in [0.15, 0.2) is 24.3 Å². The highest BCUT2D eigenvalue weighted by molar-refractivity contribution is 5.80. The Morgan fingerprint density at radius 1 is 1.38 bits per heavy atom. The molecule has 2 atom stereocenters. The second-order valence-electron chi connectivity index (χ2n) is 5.53. The molecule has 0 saturated carbocycles. The number of esters is 1. The summed E-state index contributed by atoms with van der Waals surface area (Å²) >= 11 is 0. The van der Waals surface area contributed by atoms with Crippen molar-refractivity contribution in [2.75, 3.05) is 13.2 Å². The zero-order valence-electron chi connectivity index (χ0n) is 13.0. The molecule has 2 unspecified atom stereocenters. The van der Waals surface area contributed by atoms with Gasteiger partial charge in [-0.05, 0) is 37.5 Å². The first kappa shape index (κ1) is 17.6. The van der Waals surface area contributed by atoms with E-state index in [1.165, 1.54) is 24.3 Å². The highest BCUT2D eigenvalue weighted by Gasteiger charge is 2.38. The quantitative estimate of drug-likeness (QED) is 0.759. The fourth-order valence-corrected chi connectivity index (χ4v) is 1.90. The van der Waals surface area contributed by atoms with Crippen LogP contribution in [0.4, 0.5) is 4.39 Å². The van der Waals surface area contributed by atoms with Gasteiger partial charge in [0, 0.05) is 6.54 Å². The van der Waals surface area contributed by atoms with Crippen molar-refractivity contribution in [2.45, 2.75) is 39.3 Å². The molecular formula is C16H24FNO3. The molecule has 0 aliphatic carbocycles. The average Bonchev–Trinajstić information content (AvgIpc) is 2.45. The maximum absolute atomic E-state index is 12.9. The zero-order valence-corrected chi connectivity index (χ0v) is 13.0. The summed E-state index contributed by atoms with van der Waals surface area (Å²) in [6.07, 6.45) is -0.821. The van der Waals surface area contributed by atoms with Gasteiger partial charge in [-0.15, -0.1) is 0 Å². The molecule has 1 aromatic rings. The lowest BCUT2D eigenvalue weighted by Crippen LogP contribution is -2.55. The van der Waals surface area contributed by atoms with E-state index in [2.05, 4.69) is 5.32 Å². The number of aliphatic hydroxyl groups is 1. The Morgan fingerprint density at radius 3 is 2.43 bits per heavy atom. The molecule has 0 aromatic heterocycles. The molecule has 4 nitrogen and oxygen atoms in total. The molecule has 118 valence electrons. The molecule has 21 heavy (non-hydrogen) atoms. The Kier molecular flexibility index (Phi) is 6.30. The van der Waals surface area contributed by atoms with Gasteiger partial charge in [0.05, 0.1) is 12.7 Å². The van der Waals surface area contributed by atoms with Gasteiger partial charge in [0.15, 0.2) is 0 Å². The largest absolute Gasteiger partial charge is 0.465 e. The molecule has 0 heterocycles. The van der Waals surface area contributed by atoms with E-state index in [-0.39, 0.29) is 24.2 Å². The maximum Gasteiger partial charge on any atom is 0.326 e. The van der Waals surface area contributed by atoms with Gasteiger partial charge < -0.3 is 9.84 Å². The number of hydrogen-bond acceptors (Lipinski definition) is 4. The number of β-amino-alcohol motifs (C(OH)–C–C–N with tert-alkyl or cyclic N) is 1. The van der Waals surface area contributed by atoms with E-state index in [4.69, 9.17) is 4.74 Å². The second kappa shape index (κ2) is 7.52. The van der Waals surface area contributed by atoms with Gasteiger partial charge in [-0.1, -0.05) is 26.0 Å². The smallest absolute Gasteiger partial charge is 0.326 e. The highest BCUT2D eigenvalue weighted by atomic mass is 19.1. The molecular weight excluding hydrogens is 273 g/mol. The van der Waals surface area contributed by atoms with Gasteiger partial charge in [0.1, 0.15) is 11.4 Å². The van der Waals surface area contributed by atoms with Gasteiger partial charge in [-0.3, -0.25) is 10.1 Å². The number of carbonyl (C=O) groups excluding carboxylic acids is 1. The molecule has 0 spiro atoms. The summed E-state index contributed by atoms with van der Waals surface area (Å²) in [5.74, 6) is -0.694. The average molecular weight is 297 g/mol. The molecule has 2 N–H and O–H groups in total. The number of halogens is 1. The number of benzene rings is 1. The predicted octanol–water partition coefficient (Wildman–Crippen LogP) is 2.43. The molecule has 0 aliphatic rings. The van der Waals surface area contributed by atoms with Crippen LogP contribution in [-0.2, 0) is 9.53 Å². The van der Waals surface area contributed by atoms with Crippen molar-refractivity contribution in [3.63, 3.8) is 0 Å². The highest BCUT2D eigenvalue weighted by Crippen LogP contribution is 2.20. The van der Waals surface area contributed by atoms with Crippen LogP contribution in [0.2, 0.25) is 0 Å². The lowest BCUT2D eigenvalue weighted by atomic mass is 9.88. The molecule has 0 radical (unpaired) electrons. The van der Waals surface area contributed by atoms with Crippen LogP contribution in [0.1, 0.15) is 39.4 Å². The van der Waals surface area contributed by atoms with Crippen molar-refractivity contribution in [1.29, 1.82) is 0 Å². The summed E-state index contributed by atoms with van der Waals surface area (Å²) in [5, 5.41) is 13.2. The molecule has 1 aromatic carbocycles. The van der Waals surface area contributed by atoms with Gasteiger partial charge >= 0.3 is 5.97 Å². The van der Waals surface area contributed by atoms with E-state index >= 15 is 0 Å².